The minimum Gasteiger partial charge on any atom is -0.475 e. The number of aliphatic carboxylic acids is 2. The molecule has 1 fully saturated rings. The van der Waals surface area contributed by atoms with E-state index in [2.05, 4.69) is 66.3 Å². The number of benzene rings is 1. The maximum Gasteiger partial charge on any atom is 0.490 e. The number of carboxylic acid groups (broad SMARTS) is 2. The molecule has 0 spiro atoms. The number of fused-ring (bicyclic) bond motifs is 1. The second kappa shape index (κ2) is 13.4. The third kappa shape index (κ3) is 8.48. The Morgan fingerprint density at radius 2 is 1.31 bits per heavy atom. The number of carbonyl (C=O) groups is 2. The number of aryl methyl sites for hydroxylation is 1. The van der Waals surface area contributed by atoms with Crippen molar-refractivity contribution in [3.63, 3.8) is 0 Å². The molecule has 4 heterocycles. The summed E-state index contributed by atoms with van der Waals surface area (Å²) in [5, 5.41) is 17.6. The van der Waals surface area contributed by atoms with Crippen LogP contribution in [0.25, 0.3) is 21.3 Å². The smallest absolute Gasteiger partial charge is 0.475 e. The third-order valence-electron chi connectivity index (χ3n) is 5.61. The number of hydrogen-bond donors (Lipinski definition) is 2. The Hall–Kier alpha value is -4.54. The Kier molecular flexibility index (Phi) is 10.2. The normalized spacial score (nSPS) is 13.5. The summed E-state index contributed by atoms with van der Waals surface area (Å²) in [6, 6.07) is 10.5. The molecule has 1 aromatic carbocycles. The molecule has 224 valence electrons. The average Bonchev–Trinajstić information content (AvgIpc) is 3.38. The van der Waals surface area contributed by atoms with Gasteiger partial charge in [0.2, 0.25) is 5.95 Å². The molecule has 5 rings (SSSR count). The van der Waals surface area contributed by atoms with E-state index in [1.165, 1.54) is 16.7 Å². The van der Waals surface area contributed by atoms with Gasteiger partial charge in [0.1, 0.15) is 17.0 Å². The van der Waals surface area contributed by atoms with E-state index in [-0.39, 0.29) is 0 Å². The zero-order valence-electron chi connectivity index (χ0n) is 21.6. The van der Waals surface area contributed by atoms with Gasteiger partial charge in [0.25, 0.3) is 0 Å². The Bertz CT molecular complexity index is 1470. The number of carboxylic acids is 2. The van der Waals surface area contributed by atoms with Crippen LogP contribution in [0.15, 0.2) is 54.4 Å². The van der Waals surface area contributed by atoms with E-state index in [1.807, 2.05) is 6.07 Å². The Morgan fingerprint density at radius 1 is 0.810 bits per heavy atom. The first-order valence-electron chi connectivity index (χ1n) is 11.8. The lowest BCUT2D eigenvalue weighted by Gasteiger charge is -2.35. The lowest BCUT2D eigenvalue weighted by atomic mass is 10.0. The van der Waals surface area contributed by atoms with Gasteiger partial charge < -0.3 is 20.0 Å². The highest BCUT2D eigenvalue weighted by atomic mass is 32.1. The van der Waals surface area contributed by atoms with Crippen molar-refractivity contribution in [1.82, 2.24) is 19.9 Å². The molecule has 3 aromatic heterocycles. The van der Waals surface area contributed by atoms with Gasteiger partial charge in [0.05, 0.1) is 5.39 Å². The molecule has 10 nitrogen and oxygen atoms in total. The number of thiophene rings is 1. The summed E-state index contributed by atoms with van der Waals surface area (Å²) < 4.78 is 63.5. The molecule has 2 N–H and O–H groups in total. The van der Waals surface area contributed by atoms with Crippen LogP contribution >= 0.6 is 11.3 Å². The maximum atomic E-state index is 10.6. The molecule has 42 heavy (non-hydrogen) atoms. The Morgan fingerprint density at radius 3 is 1.81 bits per heavy atom. The fraction of sp³-hybridized carbons (Fsp3) is 0.280. The SMILES string of the molecule is Cc1ccc(-c2csc3ncnc(N4CCN(c5ncccn5)CC4)c23)cc1.O=C(O)C(F)(F)F.O=C(O)C(F)(F)F. The zero-order chi connectivity index (χ0) is 31.1. The number of nitrogens with zero attached hydrogens (tertiary/aromatic N) is 6. The number of piperazine rings is 1. The van der Waals surface area contributed by atoms with E-state index in [4.69, 9.17) is 19.8 Å². The van der Waals surface area contributed by atoms with Crippen molar-refractivity contribution in [2.24, 2.45) is 0 Å². The summed E-state index contributed by atoms with van der Waals surface area (Å²) in [6.45, 7) is 5.63. The molecule has 4 aromatic rings. The van der Waals surface area contributed by atoms with Crippen LogP contribution in [-0.4, -0.2) is 80.6 Å². The predicted octanol–water partition coefficient (Wildman–Crippen LogP) is 5.05. The van der Waals surface area contributed by atoms with Crippen molar-refractivity contribution < 1.29 is 46.1 Å². The van der Waals surface area contributed by atoms with Gasteiger partial charge in [-0.05, 0) is 18.6 Å². The summed E-state index contributed by atoms with van der Waals surface area (Å²) in [5.41, 5.74) is 3.69. The molecule has 17 heteroatoms. The first-order valence-corrected chi connectivity index (χ1v) is 12.7. The molecular formula is C25H22F6N6O4S. The summed E-state index contributed by atoms with van der Waals surface area (Å²) in [4.78, 5) is 41.3. The van der Waals surface area contributed by atoms with Gasteiger partial charge in [-0.15, -0.1) is 11.3 Å². The van der Waals surface area contributed by atoms with E-state index >= 15 is 0 Å². The summed E-state index contributed by atoms with van der Waals surface area (Å²) in [7, 11) is 0. The second-order valence-electron chi connectivity index (χ2n) is 8.52. The molecule has 0 amide bonds. The average molecular weight is 617 g/mol. The number of rotatable bonds is 3. The number of alkyl halides is 6. The van der Waals surface area contributed by atoms with Gasteiger partial charge in [-0.2, -0.15) is 26.3 Å². The number of aromatic nitrogens is 4. The molecule has 0 radical (unpaired) electrons. The van der Waals surface area contributed by atoms with E-state index < -0.39 is 24.3 Å². The summed E-state index contributed by atoms with van der Waals surface area (Å²) in [5.74, 6) is -3.69. The van der Waals surface area contributed by atoms with Crippen LogP contribution in [0.1, 0.15) is 5.56 Å². The predicted molar refractivity (Wildman–Crippen MR) is 141 cm³/mol. The number of halogens is 6. The van der Waals surface area contributed by atoms with E-state index in [0.29, 0.717) is 0 Å². The molecular weight excluding hydrogens is 594 g/mol. The Labute approximate surface area is 237 Å². The lowest BCUT2D eigenvalue weighted by Crippen LogP contribution is -2.47. The van der Waals surface area contributed by atoms with Crippen molar-refractivity contribution in [2.45, 2.75) is 19.3 Å². The quantitative estimate of drug-likeness (QED) is 0.302. The second-order valence-corrected chi connectivity index (χ2v) is 9.38. The number of anilines is 2. The van der Waals surface area contributed by atoms with Crippen LogP contribution in [0.5, 0.6) is 0 Å². The molecule has 1 saturated heterocycles. The van der Waals surface area contributed by atoms with Gasteiger partial charge in [0.15, 0.2) is 0 Å². The molecule has 0 unspecified atom stereocenters. The van der Waals surface area contributed by atoms with Crippen LogP contribution in [0.3, 0.4) is 0 Å². The zero-order valence-corrected chi connectivity index (χ0v) is 22.4. The molecule has 1 aliphatic rings. The first-order chi connectivity index (χ1) is 19.7. The summed E-state index contributed by atoms with van der Waals surface area (Å²) >= 11 is 1.68. The molecule has 1 aliphatic heterocycles. The maximum absolute atomic E-state index is 10.6. The van der Waals surface area contributed by atoms with Gasteiger partial charge in [-0.1, -0.05) is 29.8 Å². The minimum absolute atomic E-state index is 0.797. The fourth-order valence-corrected chi connectivity index (χ4v) is 4.53. The van der Waals surface area contributed by atoms with Crippen LogP contribution in [-0.2, 0) is 9.59 Å². The molecule has 0 atom stereocenters. The highest BCUT2D eigenvalue weighted by Crippen LogP contribution is 2.38. The van der Waals surface area contributed by atoms with Gasteiger partial charge in [0, 0.05) is 49.5 Å². The van der Waals surface area contributed by atoms with Crippen LogP contribution in [0.4, 0.5) is 38.1 Å². The van der Waals surface area contributed by atoms with E-state index in [9.17, 15) is 26.3 Å². The molecule has 0 aliphatic carbocycles. The standard InChI is InChI=1S/C21H20N6S.2C2HF3O2/c1-15-3-5-16(6-4-15)17-13-28-20-18(17)19(24-14-25-20)26-9-11-27(12-10-26)21-22-7-2-8-23-21;2*3-2(4,5)1(6)7/h2-8,13-14H,9-12H2,1H3;2*(H,6,7). The number of hydrogen-bond acceptors (Lipinski definition) is 9. The third-order valence-corrected chi connectivity index (χ3v) is 6.50. The van der Waals surface area contributed by atoms with Crippen molar-refractivity contribution in [1.29, 1.82) is 0 Å². The molecule has 0 saturated carbocycles. The topological polar surface area (TPSA) is 133 Å². The van der Waals surface area contributed by atoms with Crippen molar-refractivity contribution in [3.8, 4) is 11.1 Å². The largest absolute Gasteiger partial charge is 0.490 e. The minimum atomic E-state index is -5.08. The fourth-order valence-electron chi connectivity index (χ4n) is 3.62. The lowest BCUT2D eigenvalue weighted by molar-refractivity contribution is -0.193. The van der Waals surface area contributed by atoms with Gasteiger partial charge in [-0.25, -0.2) is 29.5 Å². The highest BCUT2D eigenvalue weighted by molar-refractivity contribution is 7.17. The van der Waals surface area contributed by atoms with Crippen molar-refractivity contribution in [2.75, 3.05) is 36.0 Å². The van der Waals surface area contributed by atoms with Crippen LogP contribution in [0.2, 0.25) is 0 Å². The van der Waals surface area contributed by atoms with Crippen LogP contribution in [0, 0.1) is 6.92 Å². The van der Waals surface area contributed by atoms with Gasteiger partial charge in [-0.3, -0.25) is 0 Å². The van der Waals surface area contributed by atoms with E-state index in [0.717, 1.165) is 48.2 Å². The van der Waals surface area contributed by atoms with Crippen molar-refractivity contribution >= 4 is 45.3 Å². The monoisotopic (exact) mass is 616 g/mol. The van der Waals surface area contributed by atoms with E-state index in [1.54, 1.807) is 30.1 Å². The van der Waals surface area contributed by atoms with Gasteiger partial charge >= 0.3 is 24.3 Å². The first kappa shape index (κ1) is 32.0. The summed E-state index contributed by atoms with van der Waals surface area (Å²) in [6.07, 6.45) is -4.90. The highest BCUT2D eigenvalue weighted by Gasteiger charge is 2.38. The van der Waals surface area contributed by atoms with Crippen LogP contribution < -0.4 is 9.80 Å². The Balaban J connectivity index is 0.000000289. The van der Waals surface area contributed by atoms with Crippen molar-refractivity contribution in [3.05, 3.63) is 60.0 Å². The molecule has 0 bridgehead atoms.